The number of carbonyl (C=O) groups is 2. The van der Waals surface area contributed by atoms with E-state index in [-0.39, 0.29) is 42.7 Å². The number of hydrogen-bond acceptors (Lipinski definition) is 4. The Morgan fingerprint density at radius 1 is 1.21 bits per heavy atom. The van der Waals surface area contributed by atoms with Gasteiger partial charge < -0.3 is 9.80 Å². The maximum Gasteiger partial charge on any atom is 0.417 e. The van der Waals surface area contributed by atoms with Crippen molar-refractivity contribution in [3.8, 4) is 0 Å². The van der Waals surface area contributed by atoms with Gasteiger partial charge in [0.2, 0.25) is 5.91 Å². The summed E-state index contributed by atoms with van der Waals surface area (Å²) >= 11 is 0. The molecule has 1 saturated heterocycles. The number of amides is 2. The van der Waals surface area contributed by atoms with E-state index in [0.29, 0.717) is 18.7 Å². The molecule has 1 aromatic heterocycles. The number of carbonyl (C=O) groups excluding carboxylic acids is 2. The highest BCUT2D eigenvalue weighted by atomic mass is 19.4. The first-order valence-electron chi connectivity index (χ1n) is 8.92. The van der Waals surface area contributed by atoms with E-state index >= 15 is 0 Å². The first kappa shape index (κ1) is 21.2. The van der Waals surface area contributed by atoms with Crippen LogP contribution < -0.4 is 9.80 Å². The second-order valence-electron chi connectivity index (χ2n) is 6.90. The molecule has 0 radical (unpaired) electrons. The molecule has 2 amide bonds. The van der Waals surface area contributed by atoms with E-state index in [2.05, 4.69) is 4.98 Å². The molecule has 3 rings (SSSR count). The Kier molecular flexibility index (Phi) is 5.39. The first-order valence-corrected chi connectivity index (χ1v) is 8.92. The number of pyridine rings is 1. The number of fused-ring (bicyclic) bond motifs is 3. The number of hydrogen-bond donors (Lipinski definition) is 0. The van der Waals surface area contributed by atoms with Crippen LogP contribution in [0.2, 0.25) is 0 Å². The molecule has 0 saturated carbocycles. The summed E-state index contributed by atoms with van der Waals surface area (Å²) in [4.78, 5) is 31.8. The van der Waals surface area contributed by atoms with Crippen molar-refractivity contribution in [1.29, 1.82) is 0 Å². The topological polar surface area (TPSA) is 56.8 Å². The smallest absolute Gasteiger partial charge is 0.339 e. The Morgan fingerprint density at radius 2 is 1.90 bits per heavy atom. The van der Waals surface area contributed by atoms with Crippen LogP contribution in [-0.2, 0) is 15.8 Å². The highest BCUT2D eigenvalue weighted by Crippen LogP contribution is 2.41. The SMILES string of the molecule is CCCC(=O)N1CCN2c3ncc(C(F)(F)F)cc3N(CC(F)(F)F)C(=O)C2C1. The largest absolute Gasteiger partial charge is 0.417 e. The standard InChI is InChI=1S/C17H18F6N4O2/c1-2-3-13(28)25-4-5-26-12(8-25)15(29)27(9-16(18,19)20)11-6-10(17(21,22)23)7-24-14(11)26/h6-7,12H,2-5,8-9H2,1H3. The number of aromatic nitrogens is 1. The average Bonchev–Trinajstić information content (AvgIpc) is 2.63. The van der Waals surface area contributed by atoms with Gasteiger partial charge in [-0.25, -0.2) is 4.98 Å². The summed E-state index contributed by atoms with van der Waals surface area (Å²) in [7, 11) is 0. The Labute approximate surface area is 162 Å². The van der Waals surface area contributed by atoms with Gasteiger partial charge in [0, 0.05) is 25.7 Å². The summed E-state index contributed by atoms with van der Waals surface area (Å²) < 4.78 is 78.3. The normalized spacial score (nSPS) is 19.9. The van der Waals surface area contributed by atoms with Crippen LogP contribution in [-0.4, -0.2) is 60.1 Å². The van der Waals surface area contributed by atoms with Crippen molar-refractivity contribution in [2.24, 2.45) is 0 Å². The molecule has 160 valence electrons. The van der Waals surface area contributed by atoms with E-state index in [4.69, 9.17) is 0 Å². The molecule has 0 aliphatic carbocycles. The van der Waals surface area contributed by atoms with Crippen molar-refractivity contribution in [3.05, 3.63) is 17.8 Å². The van der Waals surface area contributed by atoms with Gasteiger partial charge in [-0.05, 0) is 12.5 Å². The third-order valence-electron chi connectivity index (χ3n) is 4.82. The lowest BCUT2D eigenvalue weighted by Gasteiger charge is -2.47. The lowest BCUT2D eigenvalue weighted by molar-refractivity contribution is -0.139. The van der Waals surface area contributed by atoms with Gasteiger partial charge in [-0.2, -0.15) is 26.3 Å². The lowest BCUT2D eigenvalue weighted by atomic mass is 10.0. The molecule has 0 spiro atoms. The Hall–Kier alpha value is -2.53. The molecule has 3 heterocycles. The molecule has 0 bridgehead atoms. The van der Waals surface area contributed by atoms with Crippen molar-refractivity contribution in [3.63, 3.8) is 0 Å². The first-order chi connectivity index (χ1) is 13.4. The molecule has 0 aromatic carbocycles. The zero-order valence-corrected chi connectivity index (χ0v) is 15.3. The Morgan fingerprint density at radius 3 is 2.48 bits per heavy atom. The Balaban J connectivity index is 2.02. The van der Waals surface area contributed by atoms with Crippen LogP contribution in [0.25, 0.3) is 0 Å². The van der Waals surface area contributed by atoms with Crippen molar-refractivity contribution in [2.45, 2.75) is 38.2 Å². The minimum absolute atomic E-state index is 0.0804. The molecule has 2 aliphatic rings. The summed E-state index contributed by atoms with van der Waals surface area (Å²) in [6.07, 6.45) is -8.31. The van der Waals surface area contributed by atoms with Gasteiger partial charge in [0.15, 0.2) is 5.82 Å². The van der Waals surface area contributed by atoms with Crippen LogP contribution in [0.3, 0.4) is 0 Å². The molecule has 2 aliphatic heterocycles. The third kappa shape index (κ3) is 4.25. The third-order valence-corrected chi connectivity index (χ3v) is 4.82. The zero-order valence-electron chi connectivity index (χ0n) is 15.3. The van der Waals surface area contributed by atoms with Crippen LogP contribution in [0.5, 0.6) is 0 Å². The number of piperazine rings is 1. The predicted octanol–water partition coefficient (Wildman–Crippen LogP) is 2.83. The summed E-state index contributed by atoms with van der Waals surface area (Å²) in [5, 5.41) is 0. The van der Waals surface area contributed by atoms with Gasteiger partial charge >= 0.3 is 12.4 Å². The van der Waals surface area contributed by atoms with E-state index in [1.165, 1.54) is 9.80 Å². The van der Waals surface area contributed by atoms with Crippen molar-refractivity contribution >= 4 is 23.3 Å². The number of alkyl halides is 6. The van der Waals surface area contributed by atoms with Gasteiger partial charge in [-0.3, -0.25) is 14.5 Å². The quantitative estimate of drug-likeness (QED) is 0.701. The van der Waals surface area contributed by atoms with Crippen molar-refractivity contribution in [2.75, 3.05) is 36.0 Å². The van der Waals surface area contributed by atoms with Gasteiger partial charge in [0.05, 0.1) is 17.8 Å². The zero-order chi connectivity index (χ0) is 21.6. The minimum atomic E-state index is -4.82. The van der Waals surface area contributed by atoms with Crippen LogP contribution in [0, 0.1) is 0 Å². The fraction of sp³-hybridized carbons (Fsp3) is 0.588. The molecular weight excluding hydrogens is 406 g/mol. The fourth-order valence-corrected chi connectivity index (χ4v) is 3.51. The van der Waals surface area contributed by atoms with Crippen LogP contribution in [0.4, 0.5) is 37.8 Å². The number of halogens is 6. The minimum Gasteiger partial charge on any atom is -0.339 e. The lowest BCUT2D eigenvalue weighted by Crippen LogP contribution is -2.64. The number of nitrogens with zero attached hydrogens (tertiary/aromatic N) is 4. The van der Waals surface area contributed by atoms with E-state index in [9.17, 15) is 35.9 Å². The molecule has 6 nitrogen and oxygen atoms in total. The fourth-order valence-electron chi connectivity index (χ4n) is 3.51. The van der Waals surface area contributed by atoms with E-state index in [0.717, 1.165) is 0 Å². The second kappa shape index (κ2) is 7.38. The molecular formula is C17H18F6N4O2. The molecule has 1 unspecified atom stereocenters. The summed E-state index contributed by atoms with van der Waals surface area (Å²) in [5.74, 6) is -1.37. The molecule has 12 heteroatoms. The number of rotatable bonds is 3. The van der Waals surface area contributed by atoms with Gasteiger partial charge in [0.1, 0.15) is 12.6 Å². The van der Waals surface area contributed by atoms with Crippen LogP contribution >= 0.6 is 0 Å². The van der Waals surface area contributed by atoms with Gasteiger partial charge in [-0.1, -0.05) is 6.92 Å². The second-order valence-corrected chi connectivity index (χ2v) is 6.90. The van der Waals surface area contributed by atoms with Gasteiger partial charge in [0.25, 0.3) is 5.91 Å². The molecule has 1 atom stereocenters. The highest BCUT2D eigenvalue weighted by molar-refractivity contribution is 6.05. The maximum atomic E-state index is 13.1. The van der Waals surface area contributed by atoms with Gasteiger partial charge in [-0.15, -0.1) is 0 Å². The molecule has 1 aromatic rings. The van der Waals surface area contributed by atoms with E-state index in [1.54, 1.807) is 6.92 Å². The summed E-state index contributed by atoms with van der Waals surface area (Å²) in [6, 6.07) is -0.625. The van der Waals surface area contributed by atoms with Crippen molar-refractivity contribution < 1.29 is 35.9 Å². The number of anilines is 2. The maximum absolute atomic E-state index is 13.1. The van der Waals surface area contributed by atoms with E-state index < -0.39 is 42.1 Å². The molecule has 29 heavy (non-hydrogen) atoms. The van der Waals surface area contributed by atoms with Crippen molar-refractivity contribution in [1.82, 2.24) is 9.88 Å². The predicted molar refractivity (Wildman–Crippen MR) is 90.3 cm³/mol. The highest BCUT2D eigenvalue weighted by Gasteiger charge is 2.47. The summed E-state index contributed by atoms with van der Waals surface area (Å²) in [6.45, 7) is 0.188. The average molecular weight is 424 g/mol. The molecule has 1 fully saturated rings. The van der Waals surface area contributed by atoms with Crippen LogP contribution in [0.1, 0.15) is 25.3 Å². The monoisotopic (exact) mass is 424 g/mol. The summed E-state index contributed by atoms with van der Waals surface area (Å²) in [5.41, 5.74) is -1.78. The molecule has 0 N–H and O–H groups in total. The van der Waals surface area contributed by atoms with Crippen LogP contribution in [0.15, 0.2) is 12.3 Å². The Bertz CT molecular complexity index is 810. The van der Waals surface area contributed by atoms with E-state index in [1.807, 2.05) is 0 Å².